The van der Waals surface area contributed by atoms with Crippen molar-refractivity contribution in [1.29, 1.82) is 0 Å². The van der Waals surface area contributed by atoms with Crippen molar-refractivity contribution in [2.24, 2.45) is 5.73 Å². The van der Waals surface area contributed by atoms with E-state index in [1.165, 1.54) is 11.8 Å². The minimum absolute atomic E-state index is 0.00382. The first-order valence-corrected chi connectivity index (χ1v) is 6.79. The van der Waals surface area contributed by atoms with E-state index in [4.69, 9.17) is 10.2 Å². The van der Waals surface area contributed by atoms with Gasteiger partial charge in [0.1, 0.15) is 10.5 Å². The van der Waals surface area contributed by atoms with Crippen LogP contribution in [-0.2, 0) is 0 Å². The average Bonchev–Trinajstić information content (AvgIpc) is 2.81. The molecule has 0 amide bonds. The van der Waals surface area contributed by atoms with Crippen molar-refractivity contribution in [1.82, 2.24) is 9.97 Å². The Morgan fingerprint density at radius 1 is 1.21 bits per heavy atom. The smallest absolute Gasteiger partial charge is 0.263 e. The second-order valence-corrected chi connectivity index (χ2v) is 5.24. The Hall–Kier alpha value is -1.85. The average molecular weight is 271 g/mol. The predicted octanol–water partition coefficient (Wildman–Crippen LogP) is 3.39. The number of para-hydroxylation sites is 2. The Morgan fingerprint density at radius 3 is 2.74 bits per heavy atom. The molecular formula is C14H13N3OS. The van der Waals surface area contributed by atoms with Gasteiger partial charge < -0.3 is 10.2 Å². The van der Waals surface area contributed by atoms with E-state index in [0.717, 1.165) is 21.7 Å². The van der Waals surface area contributed by atoms with Gasteiger partial charge in [-0.05, 0) is 42.4 Å². The zero-order chi connectivity index (χ0) is 13.2. The highest BCUT2D eigenvalue weighted by Crippen LogP contribution is 2.28. The van der Waals surface area contributed by atoms with Crippen molar-refractivity contribution in [2.75, 3.05) is 0 Å². The Morgan fingerprint density at radius 2 is 2.05 bits per heavy atom. The van der Waals surface area contributed by atoms with E-state index in [1.54, 1.807) is 6.20 Å². The zero-order valence-corrected chi connectivity index (χ0v) is 11.2. The van der Waals surface area contributed by atoms with Crippen LogP contribution < -0.4 is 5.73 Å². The van der Waals surface area contributed by atoms with Gasteiger partial charge in [0.15, 0.2) is 5.58 Å². The fraction of sp³-hybridized carbons (Fsp3) is 0.143. The summed E-state index contributed by atoms with van der Waals surface area (Å²) in [6.07, 6.45) is 1.79. The number of aromatic nitrogens is 2. The largest absolute Gasteiger partial charge is 0.431 e. The Kier molecular flexibility index (Phi) is 3.23. The van der Waals surface area contributed by atoms with Gasteiger partial charge >= 0.3 is 0 Å². The van der Waals surface area contributed by atoms with Crippen LogP contribution in [0, 0.1) is 0 Å². The molecule has 0 radical (unpaired) electrons. The Labute approximate surface area is 115 Å². The number of hydrogen-bond donors (Lipinski definition) is 1. The van der Waals surface area contributed by atoms with Crippen LogP contribution in [0.1, 0.15) is 18.5 Å². The van der Waals surface area contributed by atoms with Crippen LogP contribution in [0.4, 0.5) is 0 Å². The van der Waals surface area contributed by atoms with E-state index in [2.05, 4.69) is 9.97 Å². The molecule has 0 spiro atoms. The first-order valence-electron chi connectivity index (χ1n) is 5.97. The lowest BCUT2D eigenvalue weighted by atomic mass is 10.2. The molecule has 1 atom stereocenters. The summed E-state index contributed by atoms with van der Waals surface area (Å²) in [4.78, 5) is 8.75. The molecule has 0 saturated heterocycles. The summed E-state index contributed by atoms with van der Waals surface area (Å²) in [6.45, 7) is 1.94. The van der Waals surface area contributed by atoms with Crippen molar-refractivity contribution in [3.05, 3.63) is 48.2 Å². The van der Waals surface area contributed by atoms with Crippen LogP contribution in [0.3, 0.4) is 0 Å². The fourth-order valence-electron chi connectivity index (χ4n) is 1.71. The summed E-state index contributed by atoms with van der Waals surface area (Å²) < 4.78 is 5.64. The van der Waals surface area contributed by atoms with Crippen LogP contribution in [0.5, 0.6) is 0 Å². The van der Waals surface area contributed by atoms with E-state index in [0.29, 0.717) is 5.22 Å². The quantitative estimate of drug-likeness (QED) is 0.791. The third-order valence-electron chi connectivity index (χ3n) is 2.75. The summed E-state index contributed by atoms with van der Waals surface area (Å²) in [5, 5.41) is 1.44. The molecule has 3 rings (SSSR count). The van der Waals surface area contributed by atoms with Crippen molar-refractivity contribution >= 4 is 22.9 Å². The maximum atomic E-state index is 5.79. The SMILES string of the molecule is C[C@@H](N)c1ccc(Sc2nc3ccccc3o2)nc1. The molecule has 0 aliphatic carbocycles. The van der Waals surface area contributed by atoms with Gasteiger partial charge in [-0.2, -0.15) is 0 Å². The van der Waals surface area contributed by atoms with E-state index in [-0.39, 0.29) is 6.04 Å². The van der Waals surface area contributed by atoms with Gasteiger partial charge in [-0.15, -0.1) is 0 Å². The molecule has 1 aromatic carbocycles. The maximum absolute atomic E-state index is 5.79. The van der Waals surface area contributed by atoms with Gasteiger partial charge in [0.05, 0.1) is 0 Å². The molecule has 2 N–H and O–H groups in total. The lowest BCUT2D eigenvalue weighted by Crippen LogP contribution is -2.04. The molecule has 3 aromatic rings. The topological polar surface area (TPSA) is 64.9 Å². The number of rotatable bonds is 3. The monoisotopic (exact) mass is 271 g/mol. The summed E-state index contributed by atoms with van der Waals surface area (Å²) in [6, 6.07) is 11.6. The van der Waals surface area contributed by atoms with Crippen LogP contribution in [0.15, 0.2) is 57.3 Å². The van der Waals surface area contributed by atoms with Crippen molar-refractivity contribution in [3.63, 3.8) is 0 Å². The standard InChI is InChI=1S/C14H13N3OS/c1-9(15)10-6-7-13(16-8-10)19-14-17-11-4-2-3-5-12(11)18-14/h2-9H,15H2,1H3/t9-/m1/s1. The van der Waals surface area contributed by atoms with Gasteiger partial charge in [0.25, 0.3) is 5.22 Å². The minimum atomic E-state index is -0.00382. The van der Waals surface area contributed by atoms with Gasteiger partial charge in [-0.25, -0.2) is 9.97 Å². The maximum Gasteiger partial charge on any atom is 0.263 e. The molecule has 0 bridgehead atoms. The van der Waals surface area contributed by atoms with E-state index in [1.807, 2.05) is 43.3 Å². The van der Waals surface area contributed by atoms with Crippen LogP contribution in [0.2, 0.25) is 0 Å². The second kappa shape index (κ2) is 5.03. The van der Waals surface area contributed by atoms with Crippen LogP contribution in [-0.4, -0.2) is 9.97 Å². The third kappa shape index (κ3) is 2.62. The Bertz CT molecular complexity index is 658. The summed E-state index contributed by atoms with van der Waals surface area (Å²) in [7, 11) is 0. The molecule has 96 valence electrons. The lowest BCUT2D eigenvalue weighted by Gasteiger charge is -2.04. The number of fused-ring (bicyclic) bond motifs is 1. The zero-order valence-electron chi connectivity index (χ0n) is 10.4. The number of nitrogens with two attached hydrogens (primary N) is 1. The van der Waals surface area contributed by atoms with Crippen molar-refractivity contribution < 1.29 is 4.42 Å². The molecule has 0 saturated carbocycles. The van der Waals surface area contributed by atoms with E-state index >= 15 is 0 Å². The van der Waals surface area contributed by atoms with Gasteiger partial charge in [-0.3, -0.25) is 0 Å². The van der Waals surface area contributed by atoms with E-state index < -0.39 is 0 Å². The van der Waals surface area contributed by atoms with Gasteiger partial charge in [0, 0.05) is 12.2 Å². The number of pyridine rings is 1. The highest BCUT2D eigenvalue weighted by molar-refractivity contribution is 7.99. The molecule has 0 aliphatic rings. The first-order chi connectivity index (χ1) is 9.22. The van der Waals surface area contributed by atoms with Crippen LogP contribution in [0.25, 0.3) is 11.1 Å². The number of oxazole rings is 1. The minimum Gasteiger partial charge on any atom is -0.431 e. The molecule has 4 nitrogen and oxygen atoms in total. The first kappa shape index (κ1) is 12.2. The van der Waals surface area contributed by atoms with Gasteiger partial charge in [-0.1, -0.05) is 18.2 Å². The highest BCUT2D eigenvalue weighted by Gasteiger charge is 2.08. The fourth-order valence-corrected chi connectivity index (χ4v) is 2.40. The van der Waals surface area contributed by atoms with Crippen LogP contribution >= 0.6 is 11.8 Å². The number of nitrogens with zero attached hydrogens (tertiary/aromatic N) is 2. The summed E-state index contributed by atoms with van der Waals surface area (Å²) in [5.74, 6) is 0. The number of hydrogen-bond acceptors (Lipinski definition) is 5. The Balaban J connectivity index is 1.84. The second-order valence-electron chi connectivity index (χ2n) is 4.27. The summed E-state index contributed by atoms with van der Waals surface area (Å²) >= 11 is 1.40. The van der Waals surface area contributed by atoms with E-state index in [9.17, 15) is 0 Å². The normalized spacial score (nSPS) is 12.7. The summed E-state index contributed by atoms with van der Waals surface area (Å²) in [5.41, 5.74) is 8.45. The molecule has 2 aromatic heterocycles. The number of benzene rings is 1. The van der Waals surface area contributed by atoms with Crippen molar-refractivity contribution in [3.8, 4) is 0 Å². The molecule has 0 unspecified atom stereocenters. The van der Waals surface area contributed by atoms with Crippen molar-refractivity contribution in [2.45, 2.75) is 23.2 Å². The highest BCUT2D eigenvalue weighted by atomic mass is 32.2. The third-order valence-corrected chi connectivity index (χ3v) is 3.55. The predicted molar refractivity (Wildman–Crippen MR) is 75.0 cm³/mol. The molecule has 2 heterocycles. The molecule has 19 heavy (non-hydrogen) atoms. The molecule has 5 heteroatoms. The molecule has 0 fully saturated rings. The van der Waals surface area contributed by atoms with Gasteiger partial charge in [0.2, 0.25) is 0 Å². The lowest BCUT2D eigenvalue weighted by molar-refractivity contribution is 0.489. The molecular weight excluding hydrogens is 258 g/mol. The molecule has 0 aliphatic heterocycles.